The van der Waals surface area contributed by atoms with Gasteiger partial charge in [-0.25, -0.2) is 8.42 Å². The van der Waals surface area contributed by atoms with Crippen LogP contribution in [-0.4, -0.2) is 41.0 Å². The highest BCUT2D eigenvalue weighted by Crippen LogP contribution is 2.39. The molecular formula is C18H26BrClO6S. The zero-order valence-corrected chi connectivity index (χ0v) is 19.0. The Kier molecular flexibility index (Phi) is 10.5. The molecule has 154 valence electrons. The van der Waals surface area contributed by atoms with Crippen molar-refractivity contribution in [3.63, 3.8) is 0 Å². The highest BCUT2D eigenvalue weighted by atomic mass is 79.9. The molecule has 0 radical (unpaired) electrons. The number of ether oxygens (including phenoxy) is 3. The third-order valence-electron chi connectivity index (χ3n) is 4.03. The van der Waals surface area contributed by atoms with E-state index < -0.39 is 14.2 Å². The van der Waals surface area contributed by atoms with E-state index in [-0.39, 0.29) is 18.3 Å². The Balaban J connectivity index is 3.00. The number of hydrogen-bond donors (Lipinski definition) is 0. The van der Waals surface area contributed by atoms with Crippen LogP contribution >= 0.6 is 26.4 Å². The number of rotatable bonds is 12. The van der Waals surface area contributed by atoms with Crippen LogP contribution in [0.5, 0.6) is 11.5 Å². The quantitative estimate of drug-likeness (QED) is 0.243. The first-order valence-corrected chi connectivity index (χ1v) is 12.6. The number of esters is 1. The summed E-state index contributed by atoms with van der Waals surface area (Å²) >= 11 is 8.92. The van der Waals surface area contributed by atoms with Crippen LogP contribution in [0.4, 0.5) is 0 Å². The molecule has 6 nitrogen and oxygen atoms in total. The maximum absolute atomic E-state index is 12.3. The van der Waals surface area contributed by atoms with Crippen LogP contribution in [0.2, 0.25) is 5.02 Å². The van der Waals surface area contributed by atoms with Gasteiger partial charge in [0.05, 0.1) is 52.3 Å². The van der Waals surface area contributed by atoms with E-state index >= 15 is 0 Å². The Bertz CT molecular complexity index is 723. The molecule has 9 heteroatoms. The van der Waals surface area contributed by atoms with Crippen LogP contribution in [0.3, 0.4) is 0 Å². The number of carbonyl (C=O) groups excluding carboxylic acids is 1. The van der Waals surface area contributed by atoms with Gasteiger partial charge in [0.1, 0.15) is 11.5 Å². The topological polar surface area (TPSA) is 78.9 Å². The number of halogens is 2. The summed E-state index contributed by atoms with van der Waals surface area (Å²) in [5.74, 6) is 0.0101. The molecule has 1 aromatic carbocycles. The fourth-order valence-corrected chi connectivity index (χ4v) is 4.04. The first kappa shape index (κ1) is 24.0. The lowest BCUT2D eigenvalue weighted by Crippen LogP contribution is -2.15. The van der Waals surface area contributed by atoms with E-state index in [2.05, 4.69) is 21.7 Å². The molecule has 0 amide bonds. The molecular weight excluding hydrogens is 460 g/mol. The van der Waals surface area contributed by atoms with Crippen molar-refractivity contribution in [2.45, 2.75) is 44.9 Å². The predicted octanol–water partition coefficient (Wildman–Crippen LogP) is 4.68. The van der Waals surface area contributed by atoms with E-state index in [9.17, 15) is 13.2 Å². The lowest BCUT2D eigenvalue weighted by atomic mass is 9.92. The van der Waals surface area contributed by atoms with Gasteiger partial charge in [0.15, 0.2) is 0 Å². The standard InChI is InChI=1S/C18H26BrClO6S/c1-4-5-6-8-13(18(21)25-3)14-11-15(20)17(12-16(14)24-2)26-9-7-10-27(19,22)23/h11-13H,4-10H2,1-3H3. The number of carbonyl (C=O) groups is 1. The number of benzene rings is 1. The van der Waals surface area contributed by atoms with Crippen LogP contribution in [0.15, 0.2) is 12.1 Å². The van der Waals surface area contributed by atoms with Crippen LogP contribution in [0.25, 0.3) is 0 Å². The third-order valence-corrected chi connectivity index (χ3v) is 6.07. The van der Waals surface area contributed by atoms with Crippen molar-refractivity contribution < 1.29 is 27.4 Å². The van der Waals surface area contributed by atoms with E-state index in [0.29, 0.717) is 34.9 Å². The van der Waals surface area contributed by atoms with Gasteiger partial charge in [0.2, 0.25) is 8.27 Å². The average molecular weight is 486 g/mol. The zero-order valence-electron chi connectivity index (χ0n) is 15.8. The molecule has 0 fully saturated rings. The van der Waals surface area contributed by atoms with E-state index in [1.165, 1.54) is 14.2 Å². The predicted molar refractivity (Wildman–Crippen MR) is 110 cm³/mol. The highest BCUT2D eigenvalue weighted by Gasteiger charge is 2.26. The lowest BCUT2D eigenvalue weighted by Gasteiger charge is -2.20. The summed E-state index contributed by atoms with van der Waals surface area (Å²) in [5, 5.41) is 0.330. The Morgan fingerprint density at radius 3 is 2.44 bits per heavy atom. The smallest absolute Gasteiger partial charge is 0.313 e. The summed E-state index contributed by atoms with van der Waals surface area (Å²) < 4.78 is 38.2. The van der Waals surface area contributed by atoms with Crippen molar-refractivity contribution in [3.05, 3.63) is 22.7 Å². The van der Waals surface area contributed by atoms with Gasteiger partial charge in [-0.1, -0.05) is 37.8 Å². The second-order valence-corrected chi connectivity index (χ2v) is 10.9. The Hall–Kier alpha value is -0.990. The van der Waals surface area contributed by atoms with Crippen LogP contribution in [-0.2, 0) is 17.8 Å². The van der Waals surface area contributed by atoms with Gasteiger partial charge in [-0.2, -0.15) is 0 Å². The van der Waals surface area contributed by atoms with Crippen LogP contribution in [0.1, 0.15) is 50.5 Å². The van der Waals surface area contributed by atoms with Crippen molar-refractivity contribution in [1.82, 2.24) is 0 Å². The van der Waals surface area contributed by atoms with Gasteiger partial charge < -0.3 is 14.2 Å². The second kappa shape index (κ2) is 11.8. The molecule has 0 heterocycles. The second-order valence-electron chi connectivity index (χ2n) is 6.04. The van der Waals surface area contributed by atoms with Gasteiger partial charge in [-0.15, -0.1) is 0 Å². The Morgan fingerprint density at radius 1 is 1.19 bits per heavy atom. The minimum Gasteiger partial charge on any atom is -0.496 e. The van der Waals surface area contributed by atoms with Crippen molar-refractivity contribution in [3.8, 4) is 11.5 Å². The molecule has 0 aliphatic heterocycles. The molecule has 0 saturated carbocycles. The summed E-state index contributed by atoms with van der Waals surface area (Å²) in [5.41, 5.74) is 0.654. The van der Waals surface area contributed by atoms with Crippen molar-refractivity contribution in [1.29, 1.82) is 0 Å². The van der Waals surface area contributed by atoms with Gasteiger partial charge in [0.25, 0.3) is 0 Å². The first-order valence-electron chi connectivity index (χ1n) is 8.73. The van der Waals surface area contributed by atoms with Gasteiger partial charge in [-0.3, -0.25) is 4.79 Å². The number of unbranched alkanes of at least 4 members (excludes halogenated alkanes) is 2. The summed E-state index contributed by atoms with van der Waals surface area (Å²) in [6.07, 6.45) is 3.90. The summed E-state index contributed by atoms with van der Waals surface area (Å²) in [4.78, 5) is 12.3. The molecule has 0 aromatic heterocycles. The number of hydrogen-bond acceptors (Lipinski definition) is 6. The maximum atomic E-state index is 12.3. The van der Waals surface area contributed by atoms with Crippen molar-refractivity contribution >= 4 is 40.7 Å². The molecule has 1 aromatic rings. The molecule has 0 N–H and O–H groups in total. The summed E-state index contributed by atoms with van der Waals surface area (Å²) in [6.45, 7) is 2.28. The molecule has 0 bridgehead atoms. The maximum Gasteiger partial charge on any atom is 0.313 e. The minimum atomic E-state index is -3.22. The van der Waals surface area contributed by atoms with E-state index in [4.69, 9.17) is 25.8 Å². The van der Waals surface area contributed by atoms with E-state index in [0.717, 1.165) is 19.3 Å². The fraction of sp³-hybridized carbons (Fsp3) is 0.611. The van der Waals surface area contributed by atoms with E-state index in [1.54, 1.807) is 12.1 Å². The Labute approximate surface area is 173 Å². The fourth-order valence-electron chi connectivity index (χ4n) is 2.66. The average Bonchev–Trinajstić information content (AvgIpc) is 2.62. The van der Waals surface area contributed by atoms with Crippen LogP contribution in [0, 0.1) is 0 Å². The van der Waals surface area contributed by atoms with Crippen LogP contribution < -0.4 is 9.47 Å². The minimum absolute atomic E-state index is 0.0400. The molecule has 0 aliphatic carbocycles. The van der Waals surface area contributed by atoms with E-state index in [1.807, 2.05) is 0 Å². The molecule has 0 saturated heterocycles. The molecule has 0 aliphatic rings. The normalized spacial score (nSPS) is 12.5. The molecule has 1 atom stereocenters. The monoisotopic (exact) mass is 484 g/mol. The van der Waals surface area contributed by atoms with Crippen molar-refractivity contribution in [2.24, 2.45) is 0 Å². The molecule has 27 heavy (non-hydrogen) atoms. The molecule has 1 unspecified atom stereocenters. The van der Waals surface area contributed by atoms with Gasteiger partial charge in [0, 0.05) is 11.6 Å². The first-order chi connectivity index (χ1) is 12.7. The highest BCUT2D eigenvalue weighted by molar-refractivity contribution is 9.47. The summed E-state index contributed by atoms with van der Waals surface area (Å²) in [7, 11) is -0.352. The SMILES string of the molecule is CCCCCC(C(=O)OC)c1cc(Cl)c(OCCCS(=O)(=O)Br)cc1OC. The van der Waals surface area contributed by atoms with Gasteiger partial charge >= 0.3 is 5.97 Å². The zero-order chi connectivity index (χ0) is 20.4. The number of methoxy groups -OCH3 is 2. The Morgan fingerprint density at radius 2 is 1.89 bits per heavy atom. The molecule has 1 rings (SSSR count). The van der Waals surface area contributed by atoms with Crippen molar-refractivity contribution in [2.75, 3.05) is 26.6 Å². The lowest BCUT2D eigenvalue weighted by molar-refractivity contribution is -0.142. The van der Waals surface area contributed by atoms with Gasteiger partial charge in [-0.05, 0) is 18.9 Å². The summed E-state index contributed by atoms with van der Waals surface area (Å²) in [6, 6.07) is 3.28. The molecule has 0 spiro atoms. The largest absolute Gasteiger partial charge is 0.496 e. The third kappa shape index (κ3) is 8.27.